The fraction of sp³-hybridized carbons (Fsp3) is 0.389. The number of rotatable bonds is 4. The van der Waals surface area contributed by atoms with E-state index < -0.39 is 0 Å². The summed E-state index contributed by atoms with van der Waals surface area (Å²) in [5, 5.41) is 15.0. The maximum Gasteiger partial charge on any atom is 0.321 e. The first kappa shape index (κ1) is 18.1. The predicted octanol–water partition coefficient (Wildman–Crippen LogP) is 0.960. The number of carbonyl (C=O) groups excluding carboxylic acids is 1. The van der Waals surface area contributed by atoms with Crippen molar-refractivity contribution in [2.24, 2.45) is 14.1 Å². The number of piperazine rings is 1. The van der Waals surface area contributed by atoms with Gasteiger partial charge in [0.25, 0.3) is 0 Å². The van der Waals surface area contributed by atoms with Crippen molar-refractivity contribution in [2.75, 3.05) is 31.5 Å². The number of benzene rings is 1. The van der Waals surface area contributed by atoms with E-state index in [1.165, 1.54) is 4.80 Å². The fourth-order valence-corrected chi connectivity index (χ4v) is 3.20. The van der Waals surface area contributed by atoms with Crippen LogP contribution < -0.4 is 5.32 Å². The standard InChI is InChI=1S/C18H23N9O/c1-24-7-6-19-16(24)13-26-8-10-27(11-9-26)18(28)20-15-5-3-4-14(12-15)17-21-23-25(2)22-17/h3-7,12H,8-11,13H2,1-2H3,(H,20,28). The minimum Gasteiger partial charge on any atom is -0.337 e. The van der Waals surface area contributed by atoms with Gasteiger partial charge in [0.2, 0.25) is 5.82 Å². The number of tetrazole rings is 1. The zero-order valence-corrected chi connectivity index (χ0v) is 16.0. The molecule has 1 aliphatic heterocycles. The van der Waals surface area contributed by atoms with E-state index in [1.807, 2.05) is 53.2 Å². The number of nitrogens with one attached hydrogen (secondary N) is 1. The number of aryl methyl sites for hydroxylation is 2. The van der Waals surface area contributed by atoms with Gasteiger partial charge in [-0.05, 0) is 17.3 Å². The molecule has 0 atom stereocenters. The molecule has 1 N–H and O–H groups in total. The van der Waals surface area contributed by atoms with Crippen LogP contribution in [0.1, 0.15) is 5.82 Å². The number of amides is 2. The van der Waals surface area contributed by atoms with Crippen molar-refractivity contribution < 1.29 is 4.79 Å². The Morgan fingerprint density at radius 1 is 1.18 bits per heavy atom. The number of aromatic nitrogens is 6. The molecule has 146 valence electrons. The molecule has 4 rings (SSSR count). The first-order chi connectivity index (χ1) is 13.6. The van der Waals surface area contributed by atoms with Crippen molar-refractivity contribution in [3.8, 4) is 11.4 Å². The summed E-state index contributed by atoms with van der Waals surface area (Å²) in [5.41, 5.74) is 1.52. The first-order valence-electron chi connectivity index (χ1n) is 9.17. The number of nitrogens with zero attached hydrogens (tertiary/aromatic N) is 8. The Kier molecular flexibility index (Phi) is 5.02. The lowest BCUT2D eigenvalue weighted by atomic mass is 10.2. The highest BCUT2D eigenvalue weighted by molar-refractivity contribution is 5.90. The van der Waals surface area contributed by atoms with Crippen molar-refractivity contribution in [3.63, 3.8) is 0 Å². The summed E-state index contributed by atoms with van der Waals surface area (Å²) in [5.74, 6) is 1.56. The molecule has 3 aromatic rings. The average molecular weight is 381 g/mol. The summed E-state index contributed by atoms with van der Waals surface area (Å²) >= 11 is 0. The van der Waals surface area contributed by atoms with Gasteiger partial charge in [-0.2, -0.15) is 4.80 Å². The molecule has 0 unspecified atom stereocenters. The second kappa shape index (κ2) is 7.77. The second-order valence-corrected chi connectivity index (χ2v) is 6.83. The first-order valence-corrected chi connectivity index (χ1v) is 9.17. The molecule has 0 bridgehead atoms. The van der Waals surface area contributed by atoms with E-state index in [4.69, 9.17) is 0 Å². The van der Waals surface area contributed by atoms with Gasteiger partial charge in [-0.1, -0.05) is 12.1 Å². The van der Waals surface area contributed by atoms with Crippen LogP contribution in [0.5, 0.6) is 0 Å². The molecule has 0 spiro atoms. The highest BCUT2D eigenvalue weighted by Gasteiger charge is 2.22. The summed E-state index contributed by atoms with van der Waals surface area (Å²) in [7, 11) is 3.71. The SMILES string of the molecule is Cn1nnc(-c2cccc(NC(=O)N3CCN(Cc4nccn4C)CC3)c2)n1. The molecular weight excluding hydrogens is 358 g/mol. The Morgan fingerprint density at radius 3 is 2.68 bits per heavy atom. The Balaban J connectivity index is 1.33. The fourth-order valence-electron chi connectivity index (χ4n) is 3.20. The third-order valence-corrected chi connectivity index (χ3v) is 4.83. The zero-order chi connectivity index (χ0) is 19.5. The lowest BCUT2D eigenvalue weighted by Crippen LogP contribution is -2.49. The number of imidazole rings is 1. The van der Waals surface area contributed by atoms with Crippen LogP contribution in [-0.2, 0) is 20.6 Å². The summed E-state index contributed by atoms with van der Waals surface area (Å²) in [4.78, 5) is 22.6. The van der Waals surface area contributed by atoms with E-state index in [1.54, 1.807) is 7.05 Å². The second-order valence-electron chi connectivity index (χ2n) is 6.83. The van der Waals surface area contributed by atoms with Gasteiger partial charge in [0.1, 0.15) is 5.82 Å². The summed E-state index contributed by atoms with van der Waals surface area (Å²) < 4.78 is 2.03. The van der Waals surface area contributed by atoms with Crippen molar-refractivity contribution in [1.82, 2.24) is 39.6 Å². The molecule has 3 heterocycles. The number of carbonyl (C=O) groups is 1. The van der Waals surface area contributed by atoms with Crippen LogP contribution in [0.3, 0.4) is 0 Å². The topological polar surface area (TPSA) is 97.0 Å². The van der Waals surface area contributed by atoms with Gasteiger partial charge in [-0.25, -0.2) is 9.78 Å². The molecule has 2 aromatic heterocycles. The van der Waals surface area contributed by atoms with Crippen molar-refractivity contribution in [2.45, 2.75) is 6.54 Å². The van der Waals surface area contributed by atoms with E-state index in [0.29, 0.717) is 24.6 Å². The average Bonchev–Trinajstić information content (AvgIpc) is 3.31. The van der Waals surface area contributed by atoms with Crippen LogP contribution in [0.4, 0.5) is 10.5 Å². The van der Waals surface area contributed by atoms with Crippen LogP contribution in [-0.4, -0.2) is 71.8 Å². The van der Waals surface area contributed by atoms with Gasteiger partial charge in [0, 0.05) is 56.9 Å². The van der Waals surface area contributed by atoms with Crippen LogP contribution in [0, 0.1) is 0 Å². The summed E-state index contributed by atoms with van der Waals surface area (Å²) in [6, 6.07) is 7.37. The Bertz CT molecular complexity index is 955. The van der Waals surface area contributed by atoms with Crippen LogP contribution >= 0.6 is 0 Å². The Hall–Kier alpha value is -3.27. The molecule has 1 aliphatic rings. The minimum atomic E-state index is -0.0964. The third-order valence-electron chi connectivity index (χ3n) is 4.83. The lowest BCUT2D eigenvalue weighted by molar-refractivity contribution is 0.140. The minimum absolute atomic E-state index is 0.0964. The van der Waals surface area contributed by atoms with Crippen LogP contribution in [0.15, 0.2) is 36.7 Å². The van der Waals surface area contributed by atoms with Gasteiger partial charge in [0.05, 0.1) is 13.6 Å². The smallest absolute Gasteiger partial charge is 0.321 e. The van der Waals surface area contributed by atoms with Gasteiger partial charge >= 0.3 is 6.03 Å². The van der Waals surface area contributed by atoms with Gasteiger partial charge in [-0.15, -0.1) is 10.2 Å². The van der Waals surface area contributed by atoms with Crippen molar-refractivity contribution >= 4 is 11.7 Å². The maximum absolute atomic E-state index is 12.6. The molecule has 10 heteroatoms. The van der Waals surface area contributed by atoms with Gasteiger partial charge in [-0.3, -0.25) is 4.90 Å². The highest BCUT2D eigenvalue weighted by Crippen LogP contribution is 2.19. The number of hydrogen-bond donors (Lipinski definition) is 1. The van der Waals surface area contributed by atoms with E-state index in [2.05, 4.69) is 30.6 Å². The predicted molar refractivity (Wildman–Crippen MR) is 103 cm³/mol. The van der Waals surface area contributed by atoms with E-state index in [9.17, 15) is 4.79 Å². The molecule has 10 nitrogen and oxygen atoms in total. The molecule has 28 heavy (non-hydrogen) atoms. The van der Waals surface area contributed by atoms with E-state index in [-0.39, 0.29) is 6.03 Å². The summed E-state index contributed by atoms with van der Waals surface area (Å²) in [6.45, 7) is 3.81. The Morgan fingerprint density at radius 2 is 2.00 bits per heavy atom. The largest absolute Gasteiger partial charge is 0.337 e. The third kappa shape index (κ3) is 4.01. The van der Waals surface area contributed by atoms with Gasteiger partial charge < -0.3 is 14.8 Å². The molecule has 1 saturated heterocycles. The lowest BCUT2D eigenvalue weighted by Gasteiger charge is -2.34. The van der Waals surface area contributed by atoms with Gasteiger partial charge in [0.15, 0.2) is 0 Å². The Labute approximate surface area is 162 Å². The molecule has 1 fully saturated rings. The number of anilines is 1. The summed E-state index contributed by atoms with van der Waals surface area (Å²) in [6.07, 6.45) is 3.76. The van der Waals surface area contributed by atoms with Crippen molar-refractivity contribution in [1.29, 1.82) is 0 Å². The monoisotopic (exact) mass is 381 g/mol. The van der Waals surface area contributed by atoms with Crippen molar-refractivity contribution in [3.05, 3.63) is 42.5 Å². The van der Waals surface area contributed by atoms with E-state index >= 15 is 0 Å². The highest BCUT2D eigenvalue weighted by atomic mass is 16.2. The van der Waals surface area contributed by atoms with E-state index in [0.717, 1.165) is 31.0 Å². The normalized spacial score (nSPS) is 15.0. The van der Waals surface area contributed by atoms with Crippen LogP contribution in [0.25, 0.3) is 11.4 Å². The quantitative estimate of drug-likeness (QED) is 0.723. The number of hydrogen-bond acceptors (Lipinski definition) is 6. The number of urea groups is 1. The maximum atomic E-state index is 12.6. The molecule has 0 aliphatic carbocycles. The van der Waals surface area contributed by atoms with Crippen LogP contribution in [0.2, 0.25) is 0 Å². The molecule has 2 amide bonds. The molecule has 0 radical (unpaired) electrons. The molecular formula is C18H23N9O. The zero-order valence-electron chi connectivity index (χ0n) is 16.0. The molecule has 0 saturated carbocycles. The molecule has 1 aromatic carbocycles.